The molecular formula is C13H17BrN2O3. The van der Waals surface area contributed by atoms with Crippen molar-refractivity contribution in [3.05, 3.63) is 28.7 Å². The van der Waals surface area contributed by atoms with Crippen LogP contribution in [0.15, 0.2) is 28.7 Å². The van der Waals surface area contributed by atoms with E-state index in [4.69, 9.17) is 9.84 Å². The van der Waals surface area contributed by atoms with Crippen molar-refractivity contribution < 1.29 is 14.6 Å². The molecule has 5 nitrogen and oxygen atoms in total. The number of carbonyl (C=O) groups is 1. The fraction of sp³-hybridized carbons (Fsp3) is 0.462. The summed E-state index contributed by atoms with van der Waals surface area (Å²) < 4.78 is 6.73. The Morgan fingerprint density at radius 1 is 1.53 bits per heavy atom. The Hall–Kier alpha value is -1.27. The first kappa shape index (κ1) is 14.1. The number of nitrogens with one attached hydrogen (secondary N) is 1. The first-order valence-electron chi connectivity index (χ1n) is 6.17. The van der Waals surface area contributed by atoms with Gasteiger partial charge in [0.25, 0.3) is 0 Å². The van der Waals surface area contributed by atoms with Gasteiger partial charge in [-0.05, 0) is 31.2 Å². The van der Waals surface area contributed by atoms with E-state index in [0.717, 1.165) is 10.2 Å². The second-order valence-corrected chi connectivity index (χ2v) is 5.55. The van der Waals surface area contributed by atoms with Gasteiger partial charge in [0, 0.05) is 11.0 Å². The number of likely N-dealkylation sites (tertiary alicyclic amines) is 1. The zero-order valence-corrected chi connectivity index (χ0v) is 12.3. The van der Waals surface area contributed by atoms with E-state index in [9.17, 15) is 4.79 Å². The number of rotatable bonds is 4. The molecule has 0 radical (unpaired) electrons. The van der Waals surface area contributed by atoms with E-state index in [2.05, 4.69) is 21.2 Å². The zero-order chi connectivity index (χ0) is 13.8. The van der Waals surface area contributed by atoms with Crippen LogP contribution < -0.4 is 10.1 Å². The Bertz CT molecular complexity index is 430. The van der Waals surface area contributed by atoms with Gasteiger partial charge in [-0.3, -0.25) is 0 Å². The van der Waals surface area contributed by atoms with Crippen molar-refractivity contribution in [1.29, 1.82) is 0 Å². The van der Waals surface area contributed by atoms with Gasteiger partial charge in [0.2, 0.25) is 0 Å². The van der Waals surface area contributed by atoms with Gasteiger partial charge in [-0.25, -0.2) is 4.79 Å². The average molecular weight is 329 g/mol. The van der Waals surface area contributed by atoms with Crippen LogP contribution in [-0.2, 0) is 0 Å². The maximum atomic E-state index is 11.6. The van der Waals surface area contributed by atoms with Crippen LogP contribution >= 0.6 is 15.9 Å². The third-order valence-corrected chi connectivity index (χ3v) is 3.33. The maximum absolute atomic E-state index is 11.6. The third-order valence-electron chi connectivity index (χ3n) is 2.80. The van der Waals surface area contributed by atoms with Gasteiger partial charge in [-0.1, -0.05) is 15.9 Å². The van der Waals surface area contributed by atoms with Crippen LogP contribution in [0.4, 0.5) is 4.79 Å². The smallest absolute Gasteiger partial charge is 0.317 e. The topological polar surface area (TPSA) is 61.8 Å². The first-order chi connectivity index (χ1) is 9.04. The van der Waals surface area contributed by atoms with Crippen molar-refractivity contribution in [3.63, 3.8) is 0 Å². The summed E-state index contributed by atoms with van der Waals surface area (Å²) in [6.45, 7) is 3.05. The van der Waals surface area contributed by atoms with Gasteiger partial charge in [0.05, 0.1) is 19.2 Å². The van der Waals surface area contributed by atoms with Crippen LogP contribution in [0.25, 0.3) is 0 Å². The van der Waals surface area contributed by atoms with E-state index in [1.807, 2.05) is 24.3 Å². The maximum Gasteiger partial charge on any atom is 0.317 e. The highest BCUT2D eigenvalue weighted by molar-refractivity contribution is 9.10. The number of carbonyl (C=O) groups excluding carboxylic acids is 1. The Balaban J connectivity index is 1.71. The molecule has 1 aromatic carbocycles. The Morgan fingerprint density at radius 2 is 2.16 bits per heavy atom. The number of aliphatic hydroxyl groups excluding tert-OH is 1. The van der Waals surface area contributed by atoms with Gasteiger partial charge < -0.3 is 20.1 Å². The van der Waals surface area contributed by atoms with Crippen molar-refractivity contribution in [2.24, 2.45) is 0 Å². The molecule has 0 bridgehead atoms. The number of amides is 2. The van der Waals surface area contributed by atoms with E-state index in [-0.39, 0.29) is 18.7 Å². The molecule has 2 amide bonds. The summed E-state index contributed by atoms with van der Waals surface area (Å²) >= 11 is 3.36. The van der Waals surface area contributed by atoms with Gasteiger partial charge in [0.1, 0.15) is 11.9 Å². The molecule has 0 saturated carbocycles. The molecular weight excluding hydrogens is 312 g/mol. The summed E-state index contributed by atoms with van der Waals surface area (Å²) in [5.41, 5.74) is 0. The molecule has 1 aromatic rings. The molecule has 19 heavy (non-hydrogen) atoms. The summed E-state index contributed by atoms with van der Waals surface area (Å²) in [5, 5.41) is 11.7. The lowest BCUT2D eigenvalue weighted by Crippen LogP contribution is -2.59. The molecule has 1 aliphatic heterocycles. The van der Waals surface area contributed by atoms with Crippen LogP contribution in [0.5, 0.6) is 5.75 Å². The minimum absolute atomic E-state index is 0.0403. The Morgan fingerprint density at radius 3 is 2.74 bits per heavy atom. The Labute approximate surface area is 120 Å². The summed E-state index contributed by atoms with van der Waals surface area (Å²) in [6.07, 6.45) is -0.487. The lowest BCUT2D eigenvalue weighted by molar-refractivity contribution is 0.0433. The second-order valence-electron chi connectivity index (χ2n) is 4.63. The fourth-order valence-electron chi connectivity index (χ4n) is 1.73. The molecule has 0 aliphatic carbocycles. The third kappa shape index (κ3) is 4.11. The highest BCUT2D eigenvalue weighted by Gasteiger charge is 2.32. The first-order valence-corrected chi connectivity index (χ1v) is 6.97. The molecule has 104 valence electrons. The summed E-state index contributed by atoms with van der Waals surface area (Å²) in [6, 6.07) is 7.46. The summed E-state index contributed by atoms with van der Waals surface area (Å²) in [7, 11) is 0. The zero-order valence-electron chi connectivity index (χ0n) is 10.7. The SMILES string of the molecule is C[C@H](O)CNC(=O)N1CC(Oc2ccc(Br)cc2)C1. The van der Waals surface area contributed by atoms with E-state index in [1.165, 1.54) is 0 Å². The molecule has 0 unspecified atom stereocenters. The average Bonchev–Trinajstić information content (AvgIpc) is 2.32. The van der Waals surface area contributed by atoms with Crippen molar-refractivity contribution in [1.82, 2.24) is 10.2 Å². The van der Waals surface area contributed by atoms with Crippen molar-refractivity contribution in [2.45, 2.75) is 19.1 Å². The van der Waals surface area contributed by atoms with Crippen LogP contribution in [0.1, 0.15) is 6.92 Å². The quantitative estimate of drug-likeness (QED) is 0.882. The summed E-state index contributed by atoms with van der Waals surface area (Å²) in [5.74, 6) is 0.803. The number of ether oxygens (including phenoxy) is 1. The van der Waals surface area contributed by atoms with Gasteiger partial charge in [0.15, 0.2) is 0 Å². The molecule has 6 heteroatoms. The number of aliphatic hydroxyl groups is 1. The number of halogens is 1. The fourth-order valence-corrected chi connectivity index (χ4v) is 2.00. The van der Waals surface area contributed by atoms with Crippen molar-refractivity contribution in [3.8, 4) is 5.75 Å². The van der Waals surface area contributed by atoms with Crippen LogP contribution in [0.2, 0.25) is 0 Å². The van der Waals surface area contributed by atoms with Gasteiger partial charge in [-0.15, -0.1) is 0 Å². The highest BCUT2D eigenvalue weighted by Crippen LogP contribution is 2.20. The van der Waals surface area contributed by atoms with Crippen molar-refractivity contribution >= 4 is 22.0 Å². The number of nitrogens with zero attached hydrogens (tertiary/aromatic N) is 1. The largest absolute Gasteiger partial charge is 0.487 e. The molecule has 0 aromatic heterocycles. The molecule has 1 fully saturated rings. The molecule has 0 spiro atoms. The van der Waals surface area contributed by atoms with E-state index >= 15 is 0 Å². The van der Waals surface area contributed by atoms with E-state index in [0.29, 0.717) is 13.1 Å². The molecule has 2 N–H and O–H groups in total. The lowest BCUT2D eigenvalue weighted by atomic mass is 10.2. The van der Waals surface area contributed by atoms with Crippen LogP contribution in [0.3, 0.4) is 0 Å². The molecule has 1 aliphatic rings. The predicted molar refractivity (Wildman–Crippen MR) is 75.2 cm³/mol. The number of benzene rings is 1. The van der Waals surface area contributed by atoms with Crippen LogP contribution in [0, 0.1) is 0 Å². The predicted octanol–water partition coefficient (Wildman–Crippen LogP) is 1.60. The number of hydrogen-bond donors (Lipinski definition) is 2. The van der Waals surface area contributed by atoms with Crippen LogP contribution in [-0.4, -0.2) is 47.9 Å². The second kappa shape index (κ2) is 6.25. The molecule has 1 atom stereocenters. The lowest BCUT2D eigenvalue weighted by Gasteiger charge is -2.38. The molecule has 2 rings (SSSR count). The van der Waals surface area contributed by atoms with Crippen molar-refractivity contribution in [2.75, 3.05) is 19.6 Å². The summed E-state index contributed by atoms with van der Waals surface area (Å²) in [4.78, 5) is 13.3. The standard InChI is InChI=1S/C13H17BrN2O3/c1-9(17)6-15-13(18)16-7-12(8-16)19-11-4-2-10(14)3-5-11/h2-5,9,12,17H,6-8H2,1H3,(H,15,18)/t9-/m0/s1. The minimum Gasteiger partial charge on any atom is -0.487 e. The molecule has 1 saturated heterocycles. The van der Waals surface area contributed by atoms with Gasteiger partial charge >= 0.3 is 6.03 Å². The highest BCUT2D eigenvalue weighted by atomic mass is 79.9. The van der Waals surface area contributed by atoms with E-state index in [1.54, 1.807) is 11.8 Å². The van der Waals surface area contributed by atoms with Gasteiger partial charge in [-0.2, -0.15) is 0 Å². The monoisotopic (exact) mass is 328 g/mol. The van der Waals surface area contributed by atoms with E-state index < -0.39 is 6.10 Å². The normalized spacial score (nSPS) is 16.7. The number of hydrogen-bond acceptors (Lipinski definition) is 3. The molecule has 1 heterocycles. The minimum atomic E-state index is -0.528. The Kier molecular flexibility index (Phi) is 4.66. The number of urea groups is 1.